The zero-order chi connectivity index (χ0) is 19.7. The Morgan fingerprint density at radius 1 is 1.33 bits per heavy atom. The summed E-state index contributed by atoms with van der Waals surface area (Å²) < 4.78 is 36.5. The van der Waals surface area contributed by atoms with Crippen LogP contribution < -0.4 is 4.80 Å². The second kappa shape index (κ2) is 7.69. The molecule has 0 atom stereocenters. The third kappa shape index (κ3) is 3.84. The number of methoxy groups -OCH3 is 1. The van der Waals surface area contributed by atoms with Crippen molar-refractivity contribution in [1.82, 2.24) is 14.3 Å². The maximum atomic E-state index is 14.3. The molecule has 0 saturated carbocycles. The number of carbonyl (C=O) groups excluding carboxylic acids is 1. The third-order valence-electron chi connectivity index (χ3n) is 3.98. The van der Waals surface area contributed by atoms with Crippen LogP contribution in [0, 0.1) is 18.6 Å². The van der Waals surface area contributed by atoms with Crippen molar-refractivity contribution in [3.05, 3.63) is 46.0 Å². The predicted octanol–water partition coefficient (Wildman–Crippen LogP) is 3.45. The molecule has 0 saturated heterocycles. The van der Waals surface area contributed by atoms with E-state index < -0.39 is 17.5 Å². The van der Waals surface area contributed by atoms with E-state index in [1.165, 1.54) is 13.2 Å². The molecule has 0 aliphatic carbocycles. The van der Waals surface area contributed by atoms with Gasteiger partial charge < -0.3 is 9.30 Å². The molecule has 27 heavy (non-hydrogen) atoms. The highest BCUT2D eigenvalue weighted by molar-refractivity contribution is 7.16. The molecular weight excluding hydrogens is 374 g/mol. The Bertz CT molecular complexity index is 1070. The zero-order valence-electron chi connectivity index (χ0n) is 15.5. The summed E-state index contributed by atoms with van der Waals surface area (Å²) >= 11 is 1.06. The first kappa shape index (κ1) is 19.4. The van der Waals surface area contributed by atoms with E-state index in [1.807, 2.05) is 13.8 Å². The van der Waals surface area contributed by atoms with Crippen molar-refractivity contribution < 1.29 is 18.3 Å². The average Bonchev–Trinajstić information content (AvgIpc) is 3.13. The molecule has 0 aliphatic rings. The van der Waals surface area contributed by atoms with Crippen LogP contribution in [-0.4, -0.2) is 34.0 Å². The lowest BCUT2D eigenvalue weighted by Gasteiger charge is -2.08. The quantitative estimate of drug-likeness (QED) is 0.666. The standard InChI is InChI=1S/C18H20F2N4O2S/c1-10(2)24-14(7-11(3)22-24)17(25)21-18-23(5-6-26-4)16-13(20)8-12(19)9-15(16)27-18/h7-10H,5-6H2,1-4H3. The molecule has 0 N–H and O–H groups in total. The van der Waals surface area contributed by atoms with Gasteiger partial charge in [-0.25, -0.2) is 8.78 Å². The third-order valence-corrected chi connectivity index (χ3v) is 5.00. The largest absolute Gasteiger partial charge is 0.383 e. The van der Waals surface area contributed by atoms with E-state index in [9.17, 15) is 13.6 Å². The number of aryl methyl sites for hydroxylation is 1. The van der Waals surface area contributed by atoms with Crippen LogP contribution in [0.1, 0.15) is 36.1 Å². The van der Waals surface area contributed by atoms with Crippen molar-refractivity contribution in [2.24, 2.45) is 4.99 Å². The first-order valence-electron chi connectivity index (χ1n) is 8.44. The lowest BCUT2D eigenvalue weighted by atomic mass is 10.3. The number of hydrogen-bond donors (Lipinski definition) is 0. The summed E-state index contributed by atoms with van der Waals surface area (Å²) in [5, 5.41) is 4.32. The number of fused-ring (bicyclic) bond motifs is 1. The molecule has 1 amide bonds. The van der Waals surface area contributed by atoms with Gasteiger partial charge >= 0.3 is 0 Å². The van der Waals surface area contributed by atoms with E-state index in [2.05, 4.69) is 10.1 Å². The molecule has 3 rings (SSSR count). The lowest BCUT2D eigenvalue weighted by Crippen LogP contribution is -2.21. The molecule has 9 heteroatoms. The van der Waals surface area contributed by atoms with Gasteiger partial charge in [0, 0.05) is 25.8 Å². The fourth-order valence-electron chi connectivity index (χ4n) is 2.82. The Kier molecular flexibility index (Phi) is 5.52. The topological polar surface area (TPSA) is 61.4 Å². The smallest absolute Gasteiger partial charge is 0.297 e. The van der Waals surface area contributed by atoms with Crippen molar-refractivity contribution >= 4 is 27.5 Å². The van der Waals surface area contributed by atoms with Crippen LogP contribution in [0.25, 0.3) is 10.2 Å². The minimum atomic E-state index is -0.700. The molecule has 0 radical (unpaired) electrons. The molecule has 6 nitrogen and oxygen atoms in total. The Morgan fingerprint density at radius 3 is 2.74 bits per heavy atom. The Hall–Kier alpha value is -2.39. The van der Waals surface area contributed by atoms with Crippen LogP contribution in [0.3, 0.4) is 0 Å². The van der Waals surface area contributed by atoms with Gasteiger partial charge in [-0.3, -0.25) is 9.48 Å². The Balaban J connectivity index is 2.18. The van der Waals surface area contributed by atoms with Gasteiger partial charge in [0.05, 0.1) is 22.5 Å². The molecule has 3 aromatic rings. The second-order valence-electron chi connectivity index (χ2n) is 6.39. The molecule has 0 spiro atoms. The second-order valence-corrected chi connectivity index (χ2v) is 7.40. The van der Waals surface area contributed by atoms with E-state index in [4.69, 9.17) is 4.74 Å². The predicted molar refractivity (Wildman–Crippen MR) is 98.8 cm³/mol. The molecule has 0 bridgehead atoms. The fraction of sp³-hybridized carbons (Fsp3) is 0.389. The summed E-state index contributed by atoms with van der Waals surface area (Å²) in [7, 11) is 1.52. The minimum Gasteiger partial charge on any atom is -0.383 e. The maximum absolute atomic E-state index is 14.3. The number of amides is 1. The summed E-state index contributed by atoms with van der Waals surface area (Å²) in [4.78, 5) is 17.2. The van der Waals surface area contributed by atoms with Crippen LogP contribution in [0.2, 0.25) is 0 Å². The van der Waals surface area contributed by atoms with Crippen molar-refractivity contribution in [1.29, 1.82) is 0 Å². The lowest BCUT2D eigenvalue weighted by molar-refractivity contribution is 0.0985. The molecule has 0 aliphatic heterocycles. The van der Waals surface area contributed by atoms with Crippen molar-refractivity contribution in [2.45, 2.75) is 33.4 Å². The molecule has 2 aromatic heterocycles. The Morgan fingerprint density at radius 2 is 2.07 bits per heavy atom. The number of halogens is 2. The highest BCUT2D eigenvalue weighted by atomic mass is 32.1. The zero-order valence-corrected chi connectivity index (χ0v) is 16.3. The van der Waals surface area contributed by atoms with Gasteiger partial charge in [0.25, 0.3) is 5.91 Å². The molecule has 144 valence electrons. The number of ether oxygens (including phenoxy) is 1. The monoisotopic (exact) mass is 394 g/mol. The first-order chi connectivity index (χ1) is 12.8. The van der Waals surface area contributed by atoms with Gasteiger partial charge in [-0.1, -0.05) is 11.3 Å². The van der Waals surface area contributed by atoms with Crippen molar-refractivity contribution in [3.8, 4) is 0 Å². The van der Waals surface area contributed by atoms with Gasteiger partial charge in [0.2, 0.25) is 0 Å². The van der Waals surface area contributed by atoms with Gasteiger partial charge in [0.15, 0.2) is 10.6 Å². The van der Waals surface area contributed by atoms with Crippen LogP contribution in [0.15, 0.2) is 23.2 Å². The molecule has 0 fully saturated rings. The van der Waals surface area contributed by atoms with E-state index in [0.717, 1.165) is 17.4 Å². The number of hydrogen-bond acceptors (Lipinski definition) is 4. The number of rotatable bonds is 5. The molecule has 2 heterocycles. The number of nitrogens with zero attached hydrogens (tertiary/aromatic N) is 4. The number of benzene rings is 1. The molecule has 1 aromatic carbocycles. The van der Waals surface area contributed by atoms with Crippen LogP contribution in [0.4, 0.5) is 8.78 Å². The van der Waals surface area contributed by atoms with Crippen molar-refractivity contribution in [2.75, 3.05) is 13.7 Å². The van der Waals surface area contributed by atoms with Crippen LogP contribution >= 0.6 is 11.3 Å². The minimum absolute atomic E-state index is 0.0117. The van der Waals surface area contributed by atoms with Gasteiger partial charge in [-0.2, -0.15) is 10.1 Å². The van der Waals surface area contributed by atoms with E-state index >= 15 is 0 Å². The van der Waals surface area contributed by atoms with Gasteiger partial charge in [-0.05, 0) is 32.9 Å². The fourth-order valence-corrected chi connectivity index (χ4v) is 3.91. The van der Waals surface area contributed by atoms with E-state index in [0.29, 0.717) is 22.7 Å². The summed E-state index contributed by atoms with van der Waals surface area (Å²) in [6.07, 6.45) is 0. The highest BCUT2D eigenvalue weighted by Crippen LogP contribution is 2.22. The van der Waals surface area contributed by atoms with Gasteiger partial charge in [0.1, 0.15) is 11.5 Å². The van der Waals surface area contributed by atoms with Crippen LogP contribution in [0.5, 0.6) is 0 Å². The summed E-state index contributed by atoms with van der Waals surface area (Å²) in [6, 6.07) is 3.71. The summed E-state index contributed by atoms with van der Waals surface area (Å²) in [5.41, 5.74) is 1.27. The average molecular weight is 394 g/mol. The van der Waals surface area contributed by atoms with Gasteiger partial charge in [-0.15, -0.1) is 0 Å². The maximum Gasteiger partial charge on any atom is 0.297 e. The molecule has 0 unspecified atom stereocenters. The summed E-state index contributed by atoms with van der Waals surface area (Å²) in [6.45, 7) is 6.21. The highest BCUT2D eigenvalue weighted by Gasteiger charge is 2.18. The van der Waals surface area contributed by atoms with E-state index in [-0.39, 0.29) is 22.9 Å². The molecular formula is C18H20F2N4O2S. The number of aromatic nitrogens is 3. The number of carbonyl (C=O) groups is 1. The van der Waals surface area contributed by atoms with Crippen LogP contribution in [-0.2, 0) is 11.3 Å². The normalized spacial score (nSPS) is 12.5. The number of thiazole rings is 1. The van der Waals surface area contributed by atoms with E-state index in [1.54, 1.807) is 22.2 Å². The van der Waals surface area contributed by atoms with Crippen molar-refractivity contribution in [3.63, 3.8) is 0 Å². The Labute approximate surface area is 158 Å². The SMILES string of the molecule is COCCn1c(=NC(=O)c2cc(C)nn2C(C)C)sc2cc(F)cc(F)c21. The first-order valence-corrected chi connectivity index (χ1v) is 9.26. The summed E-state index contributed by atoms with van der Waals surface area (Å²) in [5.74, 6) is -1.86.